The molecule has 0 spiro atoms. The van der Waals surface area contributed by atoms with Gasteiger partial charge in [0.2, 0.25) is 0 Å². The molecule has 0 aromatic carbocycles. The lowest BCUT2D eigenvalue weighted by Crippen LogP contribution is -2.65. The van der Waals surface area contributed by atoms with Crippen molar-refractivity contribution in [3.8, 4) is 0 Å². The fraction of sp³-hybridized carbons (Fsp3) is 1.00. The zero-order chi connectivity index (χ0) is 39.8. The van der Waals surface area contributed by atoms with E-state index in [2.05, 4.69) is 21.0 Å². The van der Waals surface area contributed by atoms with Gasteiger partial charge in [0.15, 0.2) is 12.6 Å². The van der Waals surface area contributed by atoms with Crippen molar-refractivity contribution in [1.29, 1.82) is 0 Å². The van der Waals surface area contributed by atoms with Gasteiger partial charge in [-0.25, -0.2) is 0 Å². The van der Waals surface area contributed by atoms with Crippen LogP contribution in [0.3, 0.4) is 0 Å². The second kappa shape index (κ2) is 28.7. The Balaban J connectivity index is 1.82. The lowest BCUT2D eigenvalue weighted by Gasteiger charge is -2.46. The second-order valence-corrected chi connectivity index (χ2v) is 15.0. The molecule has 11 atom stereocenters. The summed E-state index contributed by atoms with van der Waals surface area (Å²) in [6.45, 7) is 3.26. The zero-order valence-corrected chi connectivity index (χ0v) is 32.9. The highest BCUT2D eigenvalue weighted by Gasteiger charge is 2.51. The third kappa shape index (κ3) is 19.2. The number of unbranched alkanes of at least 4 members (excludes halogenated alkanes) is 9. The van der Waals surface area contributed by atoms with E-state index in [-0.39, 0.29) is 72.7 Å². The van der Waals surface area contributed by atoms with Gasteiger partial charge in [-0.2, -0.15) is 0 Å². The first-order valence-corrected chi connectivity index (χ1v) is 20.0. The Kier molecular flexibility index (Phi) is 26.3. The fourth-order valence-electron chi connectivity index (χ4n) is 6.67. The normalized spacial score (nSPS) is 29.8. The number of likely N-dealkylation sites (N-methyl/N-ethyl adjacent to an activating group) is 1. The van der Waals surface area contributed by atoms with Crippen LogP contribution in [0.25, 0.3) is 0 Å². The summed E-state index contributed by atoms with van der Waals surface area (Å²) >= 11 is 0. The first kappa shape index (κ1) is 49.5. The van der Waals surface area contributed by atoms with Crippen LogP contribution in [0, 0.1) is 0 Å². The maximum atomic E-state index is 11.3. The molecule has 0 radical (unpaired) electrons. The topological polar surface area (TPSA) is 236 Å². The average molecular weight is 789 g/mol. The maximum absolute atomic E-state index is 11.3. The summed E-state index contributed by atoms with van der Waals surface area (Å²) in [7, 11) is 4.19. The minimum absolute atomic E-state index is 0.0503. The van der Waals surface area contributed by atoms with Gasteiger partial charge in [0, 0.05) is 0 Å². The summed E-state index contributed by atoms with van der Waals surface area (Å²) in [6, 6.07) is 0. The number of rotatable bonds is 32. The highest BCUT2D eigenvalue weighted by atomic mass is 16.7. The quantitative estimate of drug-likeness (QED) is 0.0303. The molecule has 0 bridgehead atoms. The van der Waals surface area contributed by atoms with Crippen LogP contribution < -0.4 is 0 Å². The minimum atomic E-state index is -1.74. The molecule has 2 aliphatic rings. The number of aliphatic hydroxyl groups excluding tert-OH is 8. The van der Waals surface area contributed by atoms with E-state index in [0.717, 1.165) is 13.0 Å². The third-order valence-corrected chi connectivity index (χ3v) is 9.67. The monoisotopic (exact) mass is 789 g/mol. The van der Waals surface area contributed by atoms with Crippen molar-refractivity contribution in [2.24, 2.45) is 0 Å². The number of quaternary nitrogens is 1. The summed E-state index contributed by atoms with van der Waals surface area (Å²) in [5.74, 6) is 0. The Labute approximate surface area is 321 Å². The van der Waals surface area contributed by atoms with Crippen LogP contribution in [0.1, 0.15) is 71.1 Å². The Morgan fingerprint density at radius 1 is 0.593 bits per heavy atom. The van der Waals surface area contributed by atoms with Gasteiger partial charge in [-0.3, -0.25) is 0 Å². The van der Waals surface area contributed by atoms with E-state index in [1.165, 1.54) is 57.8 Å². The highest BCUT2D eigenvalue weighted by Crippen LogP contribution is 2.30. The van der Waals surface area contributed by atoms with Gasteiger partial charge in [0.1, 0.15) is 61.5 Å². The fourth-order valence-corrected chi connectivity index (χ4v) is 6.67. The van der Waals surface area contributed by atoms with Crippen LogP contribution in [-0.2, 0) is 37.9 Å². The summed E-state index contributed by atoms with van der Waals surface area (Å²) in [4.78, 5) is 0. The molecule has 2 saturated heterocycles. The first-order valence-electron chi connectivity index (χ1n) is 20.0. The molecule has 2 aliphatic heterocycles. The van der Waals surface area contributed by atoms with Crippen LogP contribution in [0.5, 0.6) is 0 Å². The Morgan fingerprint density at radius 2 is 1.17 bits per heavy atom. The number of ether oxygens (including phenoxy) is 8. The highest BCUT2D eigenvalue weighted by molar-refractivity contribution is 4.94. The summed E-state index contributed by atoms with van der Waals surface area (Å²) in [5.41, 5.74) is 0. The predicted octanol–water partition coefficient (Wildman–Crippen LogP) is -0.948. The van der Waals surface area contributed by atoms with Gasteiger partial charge < -0.3 is 83.2 Å². The standard InChI is InChI=1S/C37H74NO16/c1-4-5-6-7-8-9-10-11-12-13-14-38(2,3)23-27(41)24-49-21-22-51-35-33(45)34(29(52-36(35)46)26-48-18-16-40)54-37-32(44)31(43)30(42)28(53-37)25-50-20-19-47-17-15-39/h27-37,39-46H,4-26H2,1-3H3/q+1. The molecule has 322 valence electrons. The molecule has 0 aliphatic carbocycles. The first-order chi connectivity index (χ1) is 25.9. The smallest absolute Gasteiger partial charge is 0.187 e. The van der Waals surface area contributed by atoms with E-state index in [1.807, 2.05) is 0 Å². The molecule has 2 fully saturated rings. The molecule has 17 heteroatoms. The largest absolute Gasteiger partial charge is 0.394 e. The zero-order valence-electron chi connectivity index (χ0n) is 32.9. The van der Waals surface area contributed by atoms with Crippen molar-refractivity contribution >= 4 is 0 Å². The number of hydrogen-bond donors (Lipinski definition) is 8. The van der Waals surface area contributed by atoms with Crippen LogP contribution in [0.2, 0.25) is 0 Å². The van der Waals surface area contributed by atoms with Crippen LogP contribution >= 0.6 is 0 Å². The van der Waals surface area contributed by atoms with Gasteiger partial charge >= 0.3 is 0 Å². The van der Waals surface area contributed by atoms with Crippen molar-refractivity contribution in [2.75, 3.05) is 99.9 Å². The molecule has 11 unspecified atom stereocenters. The van der Waals surface area contributed by atoms with E-state index in [9.17, 15) is 30.6 Å². The number of hydrogen-bond acceptors (Lipinski definition) is 16. The molecule has 2 rings (SSSR count). The van der Waals surface area contributed by atoms with Crippen molar-refractivity contribution in [1.82, 2.24) is 0 Å². The summed E-state index contributed by atoms with van der Waals surface area (Å²) in [6.07, 6.45) is -2.57. The Hall–Kier alpha value is -0.680. The van der Waals surface area contributed by atoms with Crippen molar-refractivity contribution in [3.63, 3.8) is 0 Å². The van der Waals surface area contributed by atoms with Gasteiger partial charge in [-0.1, -0.05) is 58.3 Å². The molecular weight excluding hydrogens is 714 g/mol. The van der Waals surface area contributed by atoms with E-state index >= 15 is 0 Å². The molecule has 0 amide bonds. The van der Waals surface area contributed by atoms with Crippen LogP contribution in [0.4, 0.5) is 0 Å². The van der Waals surface area contributed by atoms with E-state index in [4.69, 9.17) is 48.1 Å². The Morgan fingerprint density at radius 3 is 1.83 bits per heavy atom. The third-order valence-electron chi connectivity index (χ3n) is 9.67. The molecule has 2 heterocycles. The second-order valence-electron chi connectivity index (χ2n) is 15.0. The SMILES string of the molecule is CCCCCCCCCCCC[N+](C)(C)CC(O)COCCOC1C(O)OC(COCCO)C(OC2OC(COCCOCCO)C(O)C(O)C2O)C1O. The van der Waals surface area contributed by atoms with Gasteiger partial charge in [0.25, 0.3) is 0 Å². The molecule has 0 aromatic heterocycles. The van der Waals surface area contributed by atoms with Crippen molar-refractivity contribution < 1.29 is 83.2 Å². The Bertz CT molecular complexity index is 908. The number of nitrogens with zero attached hydrogens (tertiary/aromatic N) is 1. The van der Waals surface area contributed by atoms with Crippen molar-refractivity contribution in [2.45, 2.75) is 139 Å². The van der Waals surface area contributed by atoms with E-state index < -0.39 is 67.5 Å². The lowest BCUT2D eigenvalue weighted by molar-refractivity contribution is -0.893. The maximum Gasteiger partial charge on any atom is 0.187 e. The summed E-state index contributed by atoms with van der Waals surface area (Å²) in [5, 5.41) is 82.4. The van der Waals surface area contributed by atoms with E-state index in [1.54, 1.807) is 0 Å². The molecule has 8 N–H and O–H groups in total. The van der Waals surface area contributed by atoms with Crippen molar-refractivity contribution in [3.05, 3.63) is 0 Å². The average Bonchev–Trinajstić information content (AvgIpc) is 3.13. The molecule has 0 aromatic rings. The summed E-state index contributed by atoms with van der Waals surface area (Å²) < 4.78 is 45.4. The van der Waals surface area contributed by atoms with Gasteiger partial charge in [-0.15, -0.1) is 0 Å². The number of aliphatic hydroxyl groups is 8. The lowest BCUT2D eigenvalue weighted by atomic mass is 9.97. The molecule has 17 nitrogen and oxygen atoms in total. The van der Waals surface area contributed by atoms with Crippen LogP contribution in [0.15, 0.2) is 0 Å². The van der Waals surface area contributed by atoms with Gasteiger partial charge in [0.05, 0.1) is 93.3 Å². The minimum Gasteiger partial charge on any atom is -0.394 e. The molecule has 0 saturated carbocycles. The van der Waals surface area contributed by atoms with Gasteiger partial charge in [-0.05, 0) is 12.8 Å². The predicted molar refractivity (Wildman–Crippen MR) is 195 cm³/mol. The van der Waals surface area contributed by atoms with E-state index in [0.29, 0.717) is 11.0 Å². The van der Waals surface area contributed by atoms with Crippen LogP contribution in [-0.4, -0.2) is 213 Å². The molecular formula is C37H74NO16+. The molecule has 54 heavy (non-hydrogen) atoms.